The SMILES string of the molecule is COc1cc(/C=C/[C@H](Cc2ccc(O)c(OC)c2)C(=O)O)ccc1O. The zero-order valence-corrected chi connectivity index (χ0v) is 14.0. The van der Waals surface area contributed by atoms with E-state index in [-0.39, 0.29) is 17.9 Å². The Kier molecular flexibility index (Phi) is 5.89. The van der Waals surface area contributed by atoms with E-state index in [1.54, 1.807) is 36.4 Å². The summed E-state index contributed by atoms with van der Waals surface area (Å²) in [5.74, 6) is -1.08. The van der Waals surface area contributed by atoms with E-state index in [0.717, 1.165) is 5.56 Å². The molecular formula is C19H20O6. The van der Waals surface area contributed by atoms with Crippen molar-refractivity contribution in [3.63, 3.8) is 0 Å². The smallest absolute Gasteiger partial charge is 0.310 e. The molecule has 0 aliphatic heterocycles. The predicted molar refractivity (Wildman–Crippen MR) is 93.2 cm³/mol. The monoisotopic (exact) mass is 344 g/mol. The third-order valence-corrected chi connectivity index (χ3v) is 3.74. The maximum absolute atomic E-state index is 11.5. The summed E-state index contributed by atoms with van der Waals surface area (Å²) in [5.41, 5.74) is 1.44. The van der Waals surface area contributed by atoms with Crippen LogP contribution in [0.1, 0.15) is 11.1 Å². The van der Waals surface area contributed by atoms with Gasteiger partial charge in [0.25, 0.3) is 0 Å². The van der Waals surface area contributed by atoms with E-state index in [9.17, 15) is 20.1 Å². The van der Waals surface area contributed by atoms with Crippen LogP contribution < -0.4 is 9.47 Å². The number of aromatic hydroxyl groups is 2. The number of hydrogen-bond acceptors (Lipinski definition) is 5. The summed E-state index contributed by atoms with van der Waals surface area (Å²) in [5, 5.41) is 28.6. The van der Waals surface area contributed by atoms with Crippen LogP contribution in [0.2, 0.25) is 0 Å². The number of ether oxygens (including phenoxy) is 2. The third-order valence-electron chi connectivity index (χ3n) is 3.74. The molecule has 0 radical (unpaired) electrons. The van der Waals surface area contributed by atoms with Gasteiger partial charge in [-0.2, -0.15) is 0 Å². The first-order valence-corrected chi connectivity index (χ1v) is 7.58. The normalized spacial score (nSPS) is 12.1. The molecule has 1 atom stereocenters. The van der Waals surface area contributed by atoms with Crippen molar-refractivity contribution < 1.29 is 29.6 Å². The Morgan fingerprint density at radius 1 is 1.04 bits per heavy atom. The van der Waals surface area contributed by atoms with Crippen molar-refractivity contribution in [2.45, 2.75) is 6.42 Å². The Labute approximate surface area is 145 Å². The van der Waals surface area contributed by atoms with Gasteiger partial charge in [0.15, 0.2) is 23.0 Å². The fourth-order valence-corrected chi connectivity index (χ4v) is 2.37. The Bertz CT molecular complexity index is 781. The van der Waals surface area contributed by atoms with Crippen LogP contribution in [0.3, 0.4) is 0 Å². The van der Waals surface area contributed by atoms with Crippen molar-refractivity contribution in [1.29, 1.82) is 0 Å². The second-order valence-corrected chi connectivity index (χ2v) is 5.45. The van der Waals surface area contributed by atoms with Crippen LogP contribution in [0.4, 0.5) is 0 Å². The predicted octanol–water partition coefficient (Wildman–Crippen LogP) is 3.07. The average Bonchev–Trinajstić information content (AvgIpc) is 2.60. The number of phenols is 2. The van der Waals surface area contributed by atoms with E-state index >= 15 is 0 Å². The van der Waals surface area contributed by atoms with Crippen LogP contribution in [-0.4, -0.2) is 35.5 Å². The summed E-state index contributed by atoms with van der Waals surface area (Å²) in [6.07, 6.45) is 3.49. The molecule has 25 heavy (non-hydrogen) atoms. The van der Waals surface area contributed by atoms with Crippen molar-refractivity contribution in [2.24, 2.45) is 5.92 Å². The number of carbonyl (C=O) groups is 1. The first-order valence-electron chi connectivity index (χ1n) is 7.58. The molecule has 2 aromatic rings. The van der Waals surface area contributed by atoms with Gasteiger partial charge in [0.2, 0.25) is 0 Å². The van der Waals surface area contributed by atoms with Gasteiger partial charge in [-0.25, -0.2) is 0 Å². The Morgan fingerprint density at radius 3 is 2.24 bits per heavy atom. The molecule has 0 saturated heterocycles. The molecule has 132 valence electrons. The van der Waals surface area contributed by atoms with Crippen molar-refractivity contribution in [3.05, 3.63) is 53.6 Å². The van der Waals surface area contributed by atoms with Crippen molar-refractivity contribution in [2.75, 3.05) is 14.2 Å². The summed E-state index contributed by atoms with van der Waals surface area (Å²) >= 11 is 0. The topological polar surface area (TPSA) is 96.2 Å². The Hall–Kier alpha value is -3.15. The second-order valence-electron chi connectivity index (χ2n) is 5.45. The lowest BCUT2D eigenvalue weighted by atomic mass is 9.97. The Balaban J connectivity index is 2.20. The lowest BCUT2D eigenvalue weighted by Crippen LogP contribution is -2.13. The molecule has 0 unspecified atom stereocenters. The van der Waals surface area contributed by atoms with Crippen LogP contribution in [0.25, 0.3) is 6.08 Å². The van der Waals surface area contributed by atoms with Gasteiger partial charge >= 0.3 is 5.97 Å². The minimum atomic E-state index is -0.964. The van der Waals surface area contributed by atoms with Gasteiger partial charge in [0.05, 0.1) is 20.1 Å². The summed E-state index contributed by atoms with van der Waals surface area (Å²) in [6, 6.07) is 9.51. The lowest BCUT2D eigenvalue weighted by Gasteiger charge is -2.10. The number of carboxylic acids is 1. The van der Waals surface area contributed by atoms with E-state index in [4.69, 9.17) is 9.47 Å². The van der Waals surface area contributed by atoms with E-state index in [1.807, 2.05) is 0 Å². The number of carboxylic acid groups (broad SMARTS) is 1. The molecule has 0 spiro atoms. The average molecular weight is 344 g/mol. The summed E-state index contributed by atoms with van der Waals surface area (Å²) in [7, 11) is 2.88. The molecule has 2 aromatic carbocycles. The van der Waals surface area contributed by atoms with Crippen LogP contribution >= 0.6 is 0 Å². The minimum Gasteiger partial charge on any atom is -0.504 e. The number of methoxy groups -OCH3 is 2. The summed E-state index contributed by atoms with van der Waals surface area (Å²) < 4.78 is 10.1. The highest BCUT2D eigenvalue weighted by molar-refractivity contribution is 5.74. The molecule has 0 bridgehead atoms. The fraction of sp³-hybridized carbons (Fsp3) is 0.211. The molecule has 6 heteroatoms. The second kappa shape index (κ2) is 8.10. The molecular weight excluding hydrogens is 324 g/mol. The van der Waals surface area contributed by atoms with Gasteiger partial charge in [-0.05, 0) is 41.8 Å². The van der Waals surface area contributed by atoms with Crippen molar-refractivity contribution >= 4 is 12.0 Å². The quantitative estimate of drug-likeness (QED) is 0.714. The van der Waals surface area contributed by atoms with Crippen molar-refractivity contribution in [1.82, 2.24) is 0 Å². The van der Waals surface area contributed by atoms with Crippen LogP contribution in [0.15, 0.2) is 42.5 Å². The highest BCUT2D eigenvalue weighted by atomic mass is 16.5. The third kappa shape index (κ3) is 4.67. The van der Waals surface area contributed by atoms with Crippen LogP contribution in [-0.2, 0) is 11.2 Å². The van der Waals surface area contributed by atoms with E-state index in [2.05, 4.69) is 0 Å². The minimum absolute atomic E-state index is 0.00450. The zero-order valence-electron chi connectivity index (χ0n) is 14.0. The fourth-order valence-electron chi connectivity index (χ4n) is 2.37. The molecule has 0 aliphatic carbocycles. The van der Waals surface area contributed by atoms with Gasteiger partial charge < -0.3 is 24.8 Å². The first kappa shape index (κ1) is 18.2. The number of phenolic OH excluding ortho intramolecular Hbond substituents is 2. The zero-order chi connectivity index (χ0) is 18.4. The molecule has 3 N–H and O–H groups in total. The van der Waals surface area contributed by atoms with Crippen LogP contribution in [0, 0.1) is 5.92 Å². The number of aliphatic carboxylic acids is 1. The summed E-state index contributed by atoms with van der Waals surface area (Å²) in [6.45, 7) is 0. The number of rotatable bonds is 7. The first-order chi connectivity index (χ1) is 11.9. The lowest BCUT2D eigenvalue weighted by molar-refractivity contribution is -0.140. The molecule has 0 amide bonds. The van der Waals surface area contributed by atoms with E-state index in [0.29, 0.717) is 17.1 Å². The van der Waals surface area contributed by atoms with E-state index in [1.165, 1.54) is 26.4 Å². The van der Waals surface area contributed by atoms with E-state index < -0.39 is 11.9 Å². The number of hydrogen-bond donors (Lipinski definition) is 3. The number of benzene rings is 2. The highest BCUT2D eigenvalue weighted by Gasteiger charge is 2.16. The molecule has 0 heterocycles. The van der Waals surface area contributed by atoms with Gasteiger partial charge in [0, 0.05) is 0 Å². The maximum atomic E-state index is 11.5. The standard InChI is InChI=1S/C19H20O6/c1-24-17-10-12(4-7-15(17)20)3-6-14(19(22)23)9-13-5-8-16(21)18(11-13)25-2/h3-8,10-11,14,20-21H,9H2,1-2H3,(H,22,23)/b6-3+/t14-/m1/s1. The molecule has 6 nitrogen and oxygen atoms in total. The van der Waals surface area contributed by atoms with Crippen LogP contribution in [0.5, 0.6) is 23.0 Å². The Morgan fingerprint density at radius 2 is 1.64 bits per heavy atom. The molecule has 0 fully saturated rings. The highest BCUT2D eigenvalue weighted by Crippen LogP contribution is 2.29. The van der Waals surface area contributed by atoms with Gasteiger partial charge in [0.1, 0.15) is 0 Å². The van der Waals surface area contributed by atoms with Gasteiger partial charge in [-0.1, -0.05) is 24.3 Å². The molecule has 0 aliphatic rings. The van der Waals surface area contributed by atoms with Crippen molar-refractivity contribution in [3.8, 4) is 23.0 Å². The van der Waals surface area contributed by atoms with Gasteiger partial charge in [-0.15, -0.1) is 0 Å². The maximum Gasteiger partial charge on any atom is 0.310 e. The van der Waals surface area contributed by atoms with Gasteiger partial charge in [-0.3, -0.25) is 4.79 Å². The largest absolute Gasteiger partial charge is 0.504 e. The summed E-state index contributed by atoms with van der Waals surface area (Å²) in [4.78, 5) is 11.5. The molecule has 2 rings (SSSR count). The molecule has 0 saturated carbocycles. The molecule has 0 aromatic heterocycles.